The average Bonchev–Trinajstić information content (AvgIpc) is 2.41. The van der Waals surface area contributed by atoms with Gasteiger partial charge in [0.2, 0.25) is 6.36 Å². The summed E-state index contributed by atoms with van der Waals surface area (Å²) in [5, 5.41) is 28.8. The highest BCUT2D eigenvalue weighted by Crippen LogP contribution is 2.43. The second-order valence-electron chi connectivity index (χ2n) is 4.30. The molecule has 1 aromatic rings. The van der Waals surface area contributed by atoms with Crippen LogP contribution in [-0.2, 0) is 9.48 Å². The van der Waals surface area contributed by atoms with Crippen LogP contribution in [0.5, 0.6) is 0 Å². The van der Waals surface area contributed by atoms with Crippen molar-refractivity contribution in [3.63, 3.8) is 0 Å². The van der Waals surface area contributed by atoms with E-state index >= 15 is 0 Å². The molecule has 4 nitrogen and oxygen atoms in total. The Morgan fingerprint density at radius 2 is 1.89 bits per heavy atom. The van der Waals surface area contributed by atoms with E-state index in [1.807, 2.05) is 0 Å². The van der Waals surface area contributed by atoms with Crippen LogP contribution in [-0.4, -0.2) is 46.6 Å². The van der Waals surface area contributed by atoms with Gasteiger partial charge in [-0.3, -0.25) is 0 Å². The maximum atomic E-state index is 14.1. The van der Waals surface area contributed by atoms with E-state index in [-0.39, 0.29) is 0 Å². The Labute approximate surface area is 109 Å². The van der Waals surface area contributed by atoms with Crippen molar-refractivity contribution in [1.82, 2.24) is 0 Å². The van der Waals surface area contributed by atoms with Gasteiger partial charge in [0.25, 0.3) is 0 Å². The zero-order valence-electron chi connectivity index (χ0n) is 9.48. The quantitative estimate of drug-likeness (QED) is 0.582. The molecule has 0 aromatic heterocycles. The third-order valence-electron chi connectivity index (χ3n) is 3.21. The second-order valence-corrected chi connectivity index (χ2v) is 5.04. The molecule has 3 N–H and O–H groups in total. The van der Waals surface area contributed by atoms with E-state index in [2.05, 4.69) is 12.6 Å². The van der Waals surface area contributed by atoms with Gasteiger partial charge in [-0.15, -0.1) is 0 Å². The molecule has 0 spiro atoms. The van der Waals surface area contributed by atoms with Crippen LogP contribution in [0.15, 0.2) is 30.3 Å². The summed E-state index contributed by atoms with van der Waals surface area (Å²) in [4.78, 5) is 0. The fourth-order valence-corrected chi connectivity index (χ4v) is 2.46. The number of aliphatic hydroxyl groups excluding tert-OH is 3. The molecule has 5 atom stereocenters. The largest absolute Gasteiger partial charge is 0.394 e. The highest BCUT2D eigenvalue weighted by molar-refractivity contribution is 7.81. The molecule has 1 heterocycles. The number of hydrogen-bond acceptors (Lipinski definition) is 5. The van der Waals surface area contributed by atoms with Crippen LogP contribution in [0, 0.1) is 0 Å². The fourth-order valence-electron chi connectivity index (χ4n) is 2.09. The van der Waals surface area contributed by atoms with Gasteiger partial charge in [0.1, 0.15) is 23.1 Å². The molecule has 0 bridgehead atoms. The van der Waals surface area contributed by atoms with Gasteiger partial charge in [0.05, 0.1) is 6.61 Å². The first-order valence-electron chi connectivity index (χ1n) is 5.56. The number of halogens is 1. The van der Waals surface area contributed by atoms with E-state index in [9.17, 15) is 14.6 Å². The maximum Gasteiger partial charge on any atom is 0.220 e. The third kappa shape index (κ3) is 2.04. The monoisotopic (exact) mass is 274 g/mol. The van der Waals surface area contributed by atoms with Crippen LogP contribution in [0.4, 0.5) is 4.39 Å². The number of thiol groups is 1. The Kier molecular flexibility index (Phi) is 3.93. The SMILES string of the molecule is OC[C@H]1OC(F)[C@](S)(c2ccccc2)[C@@H](O)[C@@H]1O. The minimum Gasteiger partial charge on any atom is -0.394 e. The normalized spacial score (nSPS) is 40.7. The summed E-state index contributed by atoms with van der Waals surface area (Å²) in [5.74, 6) is 0. The summed E-state index contributed by atoms with van der Waals surface area (Å²) < 4.78 is 17.3. The van der Waals surface area contributed by atoms with Crippen molar-refractivity contribution in [1.29, 1.82) is 0 Å². The predicted octanol–water partition coefficient (Wildman–Crippen LogP) is 0.220. The van der Waals surface area contributed by atoms with Crippen molar-refractivity contribution in [2.75, 3.05) is 6.61 Å². The highest BCUT2D eigenvalue weighted by Gasteiger charge is 2.54. The van der Waals surface area contributed by atoms with Gasteiger partial charge in [0, 0.05) is 0 Å². The average molecular weight is 274 g/mol. The topological polar surface area (TPSA) is 69.9 Å². The first-order valence-corrected chi connectivity index (χ1v) is 6.01. The van der Waals surface area contributed by atoms with Crippen molar-refractivity contribution >= 4 is 12.6 Å². The summed E-state index contributed by atoms with van der Waals surface area (Å²) >= 11 is 4.18. The Bertz CT molecular complexity index is 404. The van der Waals surface area contributed by atoms with Crippen molar-refractivity contribution < 1.29 is 24.4 Å². The minimum atomic E-state index is -1.93. The van der Waals surface area contributed by atoms with Crippen LogP contribution >= 0.6 is 12.6 Å². The van der Waals surface area contributed by atoms with E-state index in [1.165, 1.54) is 0 Å². The van der Waals surface area contributed by atoms with Gasteiger partial charge in [-0.05, 0) is 5.56 Å². The van der Waals surface area contributed by atoms with E-state index < -0.39 is 36.0 Å². The molecule has 2 rings (SSSR count). The summed E-state index contributed by atoms with van der Waals surface area (Å²) in [6.07, 6.45) is -5.97. The summed E-state index contributed by atoms with van der Waals surface area (Å²) in [6.45, 7) is -0.572. The number of aliphatic hydroxyl groups is 3. The molecule has 1 saturated heterocycles. The zero-order chi connectivity index (χ0) is 13.3. The Morgan fingerprint density at radius 3 is 2.44 bits per heavy atom. The number of ether oxygens (including phenoxy) is 1. The van der Waals surface area contributed by atoms with Crippen molar-refractivity contribution in [3.8, 4) is 0 Å². The minimum absolute atomic E-state index is 0.406. The molecule has 1 unspecified atom stereocenters. The molecule has 1 aromatic carbocycles. The smallest absolute Gasteiger partial charge is 0.220 e. The second kappa shape index (κ2) is 5.14. The van der Waals surface area contributed by atoms with Crippen molar-refractivity contribution in [2.45, 2.75) is 29.4 Å². The van der Waals surface area contributed by atoms with Crippen LogP contribution in [0.2, 0.25) is 0 Å². The van der Waals surface area contributed by atoms with E-state index in [0.29, 0.717) is 5.56 Å². The summed E-state index contributed by atoms with van der Waals surface area (Å²) in [7, 11) is 0. The first-order chi connectivity index (χ1) is 8.51. The molecule has 0 aliphatic carbocycles. The molecule has 18 heavy (non-hydrogen) atoms. The van der Waals surface area contributed by atoms with E-state index in [1.54, 1.807) is 30.3 Å². The zero-order valence-corrected chi connectivity index (χ0v) is 10.4. The first kappa shape index (κ1) is 13.8. The van der Waals surface area contributed by atoms with Gasteiger partial charge < -0.3 is 20.1 Å². The lowest BCUT2D eigenvalue weighted by molar-refractivity contribution is -0.234. The molecular formula is C12H15FO4S. The van der Waals surface area contributed by atoms with Crippen LogP contribution in [0.1, 0.15) is 5.56 Å². The molecule has 1 aliphatic heterocycles. The summed E-state index contributed by atoms with van der Waals surface area (Å²) in [6, 6.07) is 8.29. The van der Waals surface area contributed by atoms with Gasteiger partial charge in [-0.2, -0.15) is 12.6 Å². The van der Waals surface area contributed by atoms with Crippen molar-refractivity contribution in [2.24, 2.45) is 0 Å². The van der Waals surface area contributed by atoms with E-state index in [4.69, 9.17) is 9.84 Å². The van der Waals surface area contributed by atoms with Crippen molar-refractivity contribution in [3.05, 3.63) is 35.9 Å². The molecule has 6 heteroatoms. The molecule has 0 radical (unpaired) electrons. The Morgan fingerprint density at radius 1 is 1.28 bits per heavy atom. The number of hydrogen-bond donors (Lipinski definition) is 4. The number of rotatable bonds is 2. The highest BCUT2D eigenvalue weighted by atomic mass is 32.1. The Hall–Kier alpha value is -0.660. The van der Waals surface area contributed by atoms with Gasteiger partial charge >= 0.3 is 0 Å². The number of alkyl halides is 1. The molecule has 1 aliphatic rings. The number of benzene rings is 1. The van der Waals surface area contributed by atoms with Crippen LogP contribution < -0.4 is 0 Å². The van der Waals surface area contributed by atoms with Gasteiger partial charge in [-0.25, -0.2) is 4.39 Å². The maximum absolute atomic E-state index is 14.1. The molecular weight excluding hydrogens is 259 g/mol. The van der Waals surface area contributed by atoms with Crippen LogP contribution in [0.25, 0.3) is 0 Å². The van der Waals surface area contributed by atoms with Gasteiger partial charge in [0.15, 0.2) is 0 Å². The fraction of sp³-hybridized carbons (Fsp3) is 0.500. The lowest BCUT2D eigenvalue weighted by Crippen LogP contribution is -2.60. The molecule has 100 valence electrons. The molecule has 0 amide bonds. The van der Waals surface area contributed by atoms with E-state index in [0.717, 1.165) is 0 Å². The lowest BCUT2D eigenvalue weighted by Gasteiger charge is -2.45. The third-order valence-corrected chi connectivity index (χ3v) is 3.94. The Balaban J connectivity index is 2.37. The summed E-state index contributed by atoms with van der Waals surface area (Å²) in [5.41, 5.74) is 0.406. The lowest BCUT2D eigenvalue weighted by atomic mass is 9.85. The standard InChI is InChI=1S/C12H15FO4S/c13-11-12(18,7-4-2-1-3-5-7)10(16)9(15)8(6-14)17-11/h1-5,8-11,14-16,18H,6H2/t8-,9-,10+,11?,12+/m1/s1. The van der Waals surface area contributed by atoms with Crippen LogP contribution in [0.3, 0.4) is 0 Å². The predicted molar refractivity (Wildman–Crippen MR) is 66.0 cm³/mol. The van der Waals surface area contributed by atoms with Gasteiger partial charge in [-0.1, -0.05) is 30.3 Å². The molecule has 1 fully saturated rings. The molecule has 0 saturated carbocycles.